The molecule has 1 saturated carbocycles. The van der Waals surface area contributed by atoms with Gasteiger partial charge < -0.3 is 10.2 Å². The van der Waals surface area contributed by atoms with E-state index in [9.17, 15) is 9.59 Å². The second kappa shape index (κ2) is 6.40. The first-order valence-electron chi connectivity index (χ1n) is 7.77. The highest BCUT2D eigenvalue weighted by Crippen LogP contribution is 2.31. The van der Waals surface area contributed by atoms with Gasteiger partial charge in [0.05, 0.1) is 6.54 Å². The number of amides is 2. The van der Waals surface area contributed by atoms with E-state index in [-0.39, 0.29) is 30.4 Å². The smallest absolute Gasteiger partial charge is 0.245 e. The summed E-state index contributed by atoms with van der Waals surface area (Å²) in [6.07, 6.45) is 7.92. The third kappa shape index (κ3) is 3.10. The van der Waals surface area contributed by atoms with Crippen LogP contribution in [0.15, 0.2) is 0 Å². The fourth-order valence-corrected chi connectivity index (χ4v) is 3.62. The standard InChI is InChI=1S/C15H26N2O2/c1-3-12-15(19)17(10-14(18)16-12)13(4-2)11-8-6-5-7-9-11/h11-13H,3-10H2,1-2H3,(H,16,18). The minimum Gasteiger partial charge on any atom is -0.343 e. The second-order valence-corrected chi connectivity index (χ2v) is 5.87. The monoisotopic (exact) mass is 266 g/mol. The van der Waals surface area contributed by atoms with Gasteiger partial charge in [-0.05, 0) is 31.6 Å². The summed E-state index contributed by atoms with van der Waals surface area (Å²) in [6, 6.07) is -0.0493. The third-order valence-electron chi connectivity index (χ3n) is 4.65. The molecule has 2 aliphatic rings. The Morgan fingerprint density at radius 1 is 1.21 bits per heavy atom. The van der Waals surface area contributed by atoms with E-state index in [1.54, 1.807) is 0 Å². The molecule has 2 atom stereocenters. The summed E-state index contributed by atoms with van der Waals surface area (Å²) in [4.78, 5) is 26.1. The van der Waals surface area contributed by atoms with Crippen molar-refractivity contribution in [3.05, 3.63) is 0 Å². The number of rotatable bonds is 4. The number of nitrogens with one attached hydrogen (secondary N) is 1. The molecule has 1 saturated heterocycles. The largest absolute Gasteiger partial charge is 0.343 e. The minimum absolute atomic E-state index is 0.000657. The number of nitrogens with zero attached hydrogens (tertiary/aromatic N) is 1. The normalized spacial score (nSPS) is 27.3. The number of carbonyl (C=O) groups is 2. The Morgan fingerprint density at radius 3 is 2.47 bits per heavy atom. The van der Waals surface area contributed by atoms with Gasteiger partial charge in [-0.15, -0.1) is 0 Å². The topological polar surface area (TPSA) is 49.4 Å². The van der Waals surface area contributed by atoms with Gasteiger partial charge in [-0.2, -0.15) is 0 Å². The van der Waals surface area contributed by atoms with Crippen LogP contribution in [0.2, 0.25) is 0 Å². The maximum absolute atomic E-state index is 12.5. The van der Waals surface area contributed by atoms with Gasteiger partial charge >= 0.3 is 0 Å². The molecule has 1 heterocycles. The zero-order valence-electron chi connectivity index (χ0n) is 12.2. The van der Waals surface area contributed by atoms with E-state index < -0.39 is 0 Å². The maximum Gasteiger partial charge on any atom is 0.245 e. The predicted octanol–water partition coefficient (Wildman–Crippen LogP) is 2.08. The Balaban J connectivity index is 2.11. The molecule has 0 spiro atoms. The Morgan fingerprint density at radius 2 is 1.89 bits per heavy atom. The molecule has 1 aliphatic heterocycles. The van der Waals surface area contributed by atoms with E-state index in [4.69, 9.17) is 0 Å². The molecule has 4 nitrogen and oxygen atoms in total. The zero-order valence-corrected chi connectivity index (χ0v) is 12.2. The molecule has 2 amide bonds. The van der Waals surface area contributed by atoms with Crippen molar-refractivity contribution in [2.45, 2.75) is 70.9 Å². The van der Waals surface area contributed by atoms with E-state index in [1.165, 1.54) is 32.1 Å². The van der Waals surface area contributed by atoms with Crippen molar-refractivity contribution >= 4 is 11.8 Å². The molecule has 0 aromatic carbocycles. The zero-order chi connectivity index (χ0) is 13.8. The summed E-state index contributed by atoms with van der Waals surface area (Å²) in [5.74, 6) is 0.714. The number of carbonyl (C=O) groups excluding carboxylic acids is 2. The molecule has 4 heteroatoms. The quantitative estimate of drug-likeness (QED) is 0.847. The van der Waals surface area contributed by atoms with Gasteiger partial charge in [0.1, 0.15) is 6.04 Å². The third-order valence-corrected chi connectivity index (χ3v) is 4.65. The highest BCUT2D eigenvalue weighted by atomic mass is 16.2. The van der Waals surface area contributed by atoms with Gasteiger partial charge in [-0.25, -0.2) is 0 Å². The fraction of sp³-hybridized carbons (Fsp3) is 0.867. The van der Waals surface area contributed by atoms with Crippen LogP contribution in [0.5, 0.6) is 0 Å². The van der Waals surface area contributed by atoms with E-state index in [2.05, 4.69) is 12.2 Å². The predicted molar refractivity (Wildman–Crippen MR) is 74.6 cm³/mol. The van der Waals surface area contributed by atoms with Crippen molar-refractivity contribution in [3.8, 4) is 0 Å². The molecule has 1 N–H and O–H groups in total. The highest BCUT2D eigenvalue weighted by Gasteiger charge is 2.38. The average molecular weight is 266 g/mol. The summed E-state index contributed by atoms with van der Waals surface area (Å²) >= 11 is 0. The van der Waals surface area contributed by atoms with Gasteiger partial charge in [-0.1, -0.05) is 33.1 Å². The van der Waals surface area contributed by atoms with Gasteiger partial charge in [0.25, 0.3) is 0 Å². The molecule has 2 rings (SSSR count). The van der Waals surface area contributed by atoms with Crippen LogP contribution in [0.4, 0.5) is 0 Å². The summed E-state index contributed by atoms with van der Waals surface area (Å²) in [5, 5.41) is 2.80. The fourth-order valence-electron chi connectivity index (χ4n) is 3.62. The molecule has 2 unspecified atom stereocenters. The molecule has 108 valence electrons. The molecule has 2 fully saturated rings. The molecule has 0 bridgehead atoms. The summed E-state index contributed by atoms with van der Waals surface area (Å²) in [5.41, 5.74) is 0. The van der Waals surface area contributed by atoms with Crippen molar-refractivity contribution in [2.75, 3.05) is 6.54 Å². The lowest BCUT2D eigenvalue weighted by molar-refractivity contribution is -0.148. The molecule has 0 radical (unpaired) electrons. The van der Waals surface area contributed by atoms with Gasteiger partial charge in [0, 0.05) is 6.04 Å². The molecule has 19 heavy (non-hydrogen) atoms. The van der Waals surface area contributed by atoms with Crippen molar-refractivity contribution in [2.24, 2.45) is 5.92 Å². The van der Waals surface area contributed by atoms with Gasteiger partial charge in [0.15, 0.2) is 0 Å². The van der Waals surface area contributed by atoms with E-state index in [1.807, 2.05) is 11.8 Å². The van der Waals surface area contributed by atoms with Crippen LogP contribution >= 0.6 is 0 Å². The first kappa shape index (κ1) is 14.4. The van der Waals surface area contributed by atoms with Crippen LogP contribution in [0, 0.1) is 5.92 Å². The number of hydrogen-bond acceptors (Lipinski definition) is 2. The Labute approximate surface area is 115 Å². The lowest BCUT2D eigenvalue weighted by Gasteiger charge is -2.42. The van der Waals surface area contributed by atoms with Crippen LogP contribution in [0.1, 0.15) is 58.8 Å². The molecular weight excluding hydrogens is 240 g/mol. The van der Waals surface area contributed by atoms with E-state index in [0.717, 1.165) is 6.42 Å². The first-order valence-corrected chi connectivity index (χ1v) is 7.77. The number of piperazine rings is 1. The maximum atomic E-state index is 12.5. The van der Waals surface area contributed by atoms with Crippen molar-refractivity contribution in [3.63, 3.8) is 0 Å². The number of hydrogen-bond donors (Lipinski definition) is 1. The first-order chi connectivity index (χ1) is 9.17. The van der Waals surface area contributed by atoms with Crippen LogP contribution in [0.3, 0.4) is 0 Å². The van der Waals surface area contributed by atoms with Crippen LogP contribution in [-0.4, -0.2) is 35.3 Å². The average Bonchev–Trinajstić information content (AvgIpc) is 2.44. The SMILES string of the molecule is CCC1NC(=O)CN(C(CC)C2CCCCC2)C1=O. The summed E-state index contributed by atoms with van der Waals surface area (Å²) in [6.45, 7) is 4.35. The Hall–Kier alpha value is -1.06. The second-order valence-electron chi connectivity index (χ2n) is 5.87. The highest BCUT2D eigenvalue weighted by molar-refractivity contribution is 5.95. The van der Waals surface area contributed by atoms with Crippen molar-refractivity contribution < 1.29 is 9.59 Å². The Bertz CT molecular complexity index is 337. The van der Waals surface area contributed by atoms with Gasteiger partial charge in [0.2, 0.25) is 11.8 Å². The van der Waals surface area contributed by atoms with E-state index >= 15 is 0 Å². The molecule has 1 aliphatic carbocycles. The summed E-state index contributed by atoms with van der Waals surface area (Å²) in [7, 11) is 0. The molecule has 0 aromatic heterocycles. The lowest BCUT2D eigenvalue weighted by atomic mass is 9.81. The molecular formula is C15H26N2O2. The van der Waals surface area contributed by atoms with Crippen LogP contribution < -0.4 is 5.32 Å². The molecule has 0 aromatic rings. The lowest BCUT2D eigenvalue weighted by Crippen LogP contribution is -2.61. The van der Waals surface area contributed by atoms with Crippen molar-refractivity contribution in [1.82, 2.24) is 10.2 Å². The summed E-state index contributed by atoms with van der Waals surface area (Å²) < 4.78 is 0. The van der Waals surface area contributed by atoms with Crippen molar-refractivity contribution in [1.29, 1.82) is 0 Å². The van der Waals surface area contributed by atoms with Gasteiger partial charge in [-0.3, -0.25) is 9.59 Å². The van der Waals surface area contributed by atoms with E-state index in [0.29, 0.717) is 12.3 Å². The Kier molecular flexibility index (Phi) is 4.83. The minimum atomic E-state index is -0.307. The van der Waals surface area contributed by atoms with Crippen LogP contribution in [-0.2, 0) is 9.59 Å². The van der Waals surface area contributed by atoms with Crippen LogP contribution in [0.25, 0.3) is 0 Å².